The molecule has 0 spiro atoms. The molecule has 1 aliphatic rings. The van der Waals surface area contributed by atoms with Crippen LogP contribution in [0.25, 0.3) is 5.76 Å². The van der Waals surface area contributed by atoms with Crippen LogP contribution in [-0.2, 0) is 9.59 Å². The van der Waals surface area contributed by atoms with Gasteiger partial charge in [0.05, 0.1) is 18.2 Å². The van der Waals surface area contributed by atoms with Crippen molar-refractivity contribution in [2.45, 2.75) is 19.9 Å². The van der Waals surface area contributed by atoms with Gasteiger partial charge in [-0.05, 0) is 49.2 Å². The molecule has 3 aromatic carbocycles. The van der Waals surface area contributed by atoms with Gasteiger partial charge in [-0.3, -0.25) is 14.5 Å². The highest BCUT2D eigenvalue weighted by Crippen LogP contribution is 2.43. The molecule has 4 rings (SSSR count). The van der Waals surface area contributed by atoms with Gasteiger partial charge in [-0.25, -0.2) is 0 Å². The predicted molar refractivity (Wildman–Crippen MR) is 125 cm³/mol. The Morgan fingerprint density at radius 2 is 1.72 bits per heavy atom. The number of hydrogen-bond acceptors (Lipinski definition) is 4. The second-order valence-electron chi connectivity index (χ2n) is 7.47. The van der Waals surface area contributed by atoms with Crippen molar-refractivity contribution in [3.8, 4) is 5.75 Å². The Bertz CT molecular complexity index is 1200. The first-order chi connectivity index (χ1) is 15.4. The van der Waals surface area contributed by atoms with Crippen LogP contribution in [-0.4, -0.2) is 23.4 Å². The number of halogens is 1. The van der Waals surface area contributed by atoms with Crippen LogP contribution in [0.3, 0.4) is 0 Å². The lowest BCUT2D eigenvalue weighted by atomic mass is 9.95. The summed E-state index contributed by atoms with van der Waals surface area (Å²) < 4.78 is 5.52. The highest BCUT2D eigenvalue weighted by atomic mass is 35.5. The number of rotatable bonds is 5. The average molecular weight is 448 g/mol. The fourth-order valence-electron chi connectivity index (χ4n) is 3.81. The molecule has 1 atom stereocenters. The zero-order valence-corrected chi connectivity index (χ0v) is 18.5. The number of aliphatic hydroxyl groups excluding tert-OH is 1. The molecule has 1 aliphatic heterocycles. The van der Waals surface area contributed by atoms with Gasteiger partial charge in [-0.15, -0.1) is 0 Å². The molecule has 32 heavy (non-hydrogen) atoms. The molecule has 0 aromatic heterocycles. The molecular weight excluding hydrogens is 426 g/mol. The normalized spacial score (nSPS) is 17.6. The molecule has 0 aliphatic carbocycles. The standard InChI is InChI=1S/C26H22ClNO4/c1-3-32-20-13-10-17(11-14-20)23-22(24(29)18-7-5-4-6-8-18)25(30)26(31)28(23)19-12-9-16(2)21(27)15-19/h4-15,23,29H,3H2,1-2H3/b24-22+. The van der Waals surface area contributed by atoms with Crippen LogP contribution >= 0.6 is 11.6 Å². The van der Waals surface area contributed by atoms with Crippen LogP contribution < -0.4 is 9.64 Å². The van der Waals surface area contributed by atoms with E-state index in [2.05, 4.69) is 0 Å². The third-order valence-electron chi connectivity index (χ3n) is 5.43. The zero-order valence-electron chi connectivity index (χ0n) is 17.7. The summed E-state index contributed by atoms with van der Waals surface area (Å²) >= 11 is 6.32. The van der Waals surface area contributed by atoms with E-state index >= 15 is 0 Å². The maximum atomic E-state index is 13.2. The molecule has 1 heterocycles. The van der Waals surface area contributed by atoms with Gasteiger partial charge in [0.1, 0.15) is 11.5 Å². The molecule has 162 valence electrons. The van der Waals surface area contributed by atoms with E-state index in [1.54, 1.807) is 66.7 Å². The number of Topliss-reactive ketones (excluding diaryl/α,β-unsaturated/α-hetero) is 1. The lowest BCUT2D eigenvalue weighted by Gasteiger charge is -2.26. The summed E-state index contributed by atoms with van der Waals surface area (Å²) in [5.74, 6) is -1.01. The largest absolute Gasteiger partial charge is 0.507 e. The lowest BCUT2D eigenvalue weighted by Crippen LogP contribution is -2.29. The smallest absolute Gasteiger partial charge is 0.300 e. The number of anilines is 1. The number of hydrogen-bond donors (Lipinski definition) is 1. The third kappa shape index (κ3) is 3.87. The van der Waals surface area contributed by atoms with Gasteiger partial charge in [0, 0.05) is 16.3 Å². The second-order valence-corrected chi connectivity index (χ2v) is 7.88. The van der Waals surface area contributed by atoms with Crippen LogP contribution in [0.15, 0.2) is 78.4 Å². The number of benzene rings is 3. The molecule has 0 bridgehead atoms. The summed E-state index contributed by atoms with van der Waals surface area (Å²) in [6.45, 7) is 4.27. The van der Waals surface area contributed by atoms with Crippen LogP contribution in [0.2, 0.25) is 5.02 Å². The molecular formula is C26H22ClNO4. The van der Waals surface area contributed by atoms with Crippen LogP contribution in [0.4, 0.5) is 5.69 Å². The van der Waals surface area contributed by atoms with E-state index in [1.165, 1.54) is 4.90 Å². The maximum absolute atomic E-state index is 13.2. The summed E-state index contributed by atoms with van der Waals surface area (Å²) in [6, 6.07) is 20.3. The lowest BCUT2D eigenvalue weighted by molar-refractivity contribution is -0.132. The molecule has 1 N–H and O–H groups in total. The fraction of sp³-hybridized carbons (Fsp3) is 0.154. The summed E-state index contributed by atoms with van der Waals surface area (Å²) in [4.78, 5) is 27.7. The number of amides is 1. The van der Waals surface area contributed by atoms with Gasteiger partial charge >= 0.3 is 0 Å². The van der Waals surface area contributed by atoms with Crippen molar-refractivity contribution in [1.82, 2.24) is 0 Å². The second kappa shape index (κ2) is 8.89. The quantitative estimate of drug-likeness (QED) is 0.310. The van der Waals surface area contributed by atoms with Gasteiger partial charge in [-0.2, -0.15) is 0 Å². The van der Waals surface area contributed by atoms with E-state index in [4.69, 9.17) is 16.3 Å². The molecule has 3 aromatic rings. The van der Waals surface area contributed by atoms with Crippen molar-refractivity contribution < 1.29 is 19.4 Å². The Balaban J connectivity index is 1.91. The molecule has 6 heteroatoms. The molecule has 0 radical (unpaired) electrons. The highest BCUT2D eigenvalue weighted by Gasteiger charge is 2.47. The molecule has 1 fully saturated rings. The third-order valence-corrected chi connectivity index (χ3v) is 5.84. The number of aryl methyl sites for hydroxylation is 1. The van der Waals surface area contributed by atoms with Crippen molar-refractivity contribution in [2.75, 3.05) is 11.5 Å². The minimum atomic E-state index is -0.815. The number of aliphatic hydroxyl groups is 1. The Kier molecular flexibility index (Phi) is 6.01. The van der Waals surface area contributed by atoms with Crippen LogP contribution in [0.1, 0.15) is 29.7 Å². The van der Waals surface area contributed by atoms with Gasteiger partial charge in [0.2, 0.25) is 0 Å². The van der Waals surface area contributed by atoms with Gasteiger partial charge in [0.15, 0.2) is 0 Å². The minimum absolute atomic E-state index is 0.0297. The van der Waals surface area contributed by atoms with Gasteiger partial charge in [-0.1, -0.05) is 60.1 Å². The van der Waals surface area contributed by atoms with Crippen molar-refractivity contribution in [1.29, 1.82) is 0 Å². The highest BCUT2D eigenvalue weighted by molar-refractivity contribution is 6.51. The van der Waals surface area contributed by atoms with Crippen molar-refractivity contribution >= 4 is 34.7 Å². The fourth-order valence-corrected chi connectivity index (χ4v) is 3.99. The van der Waals surface area contributed by atoms with Crippen molar-refractivity contribution in [3.63, 3.8) is 0 Å². The predicted octanol–water partition coefficient (Wildman–Crippen LogP) is 5.67. The monoisotopic (exact) mass is 447 g/mol. The number of ether oxygens (including phenoxy) is 1. The summed E-state index contributed by atoms with van der Waals surface area (Å²) in [5, 5.41) is 11.6. The van der Waals surface area contributed by atoms with E-state index in [0.717, 1.165) is 5.56 Å². The van der Waals surface area contributed by atoms with Crippen molar-refractivity contribution in [2.24, 2.45) is 0 Å². The van der Waals surface area contributed by atoms with E-state index in [-0.39, 0.29) is 11.3 Å². The number of carbonyl (C=O) groups is 2. The Morgan fingerprint density at radius 1 is 1.03 bits per heavy atom. The first-order valence-electron chi connectivity index (χ1n) is 10.3. The summed E-state index contributed by atoms with van der Waals surface area (Å²) in [7, 11) is 0. The SMILES string of the molecule is CCOc1ccc(C2/C(=C(\O)c3ccccc3)C(=O)C(=O)N2c2ccc(C)c(Cl)c2)cc1. The molecule has 5 nitrogen and oxygen atoms in total. The van der Waals surface area contributed by atoms with E-state index < -0.39 is 17.7 Å². The molecule has 1 amide bonds. The summed E-state index contributed by atoms with van der Waals surface area (Å²) in [6.07, 6.45) is 0. The molecule has 1 saturated heterocycles. The Labute approximate surface area is 191 Å². The van der Waals surface area contributed by atoms with Crippen molar-refractivity contribution in [3.05, 3.63) is 100 Å². The van der Waals surface area contributed by atoms with Gasteiger partial charge < -0.3 is 9.84 Å². The Morgan fingerprint density at radius 3 is 2.34 bits per heavy atom. The first-order valence-corrected chi connectivity index (χ1v) is 10.7. The molecule has 0 saturated carbocycles. The average Bonchev–Trinajstić information content (AvgIpc) is 3.07. The molecule has 1 unspecified atom stereocenters. The van der Waals surface area contributed by atoms with Crippen LogP contribution in [0, 0.1) is 6.92 Å². The number of carbonyl (C=O) groups excluding carboxylic acids is 2. The van der Waals surface area contributed by atoms with E-state index in [9.17, 15) is 14.7 Å². The van der Waals surface area contributed by atoms with E-state index in [0.29, 0.717) is 34.2 Å². The summed E-state index contributed by atoms with van der Waals surface area (Å²) in [5.41, 5.74) is 2.50. The zero-order chi connectivity index (χ0) is 22.8. The van der Waals surface area contributed by atoms with Gasteiger partial charge in [0.25, 0.3) is 11.7 Å². The number of ketones is 1. The van der Waals surface area contributed by atoms with E-state index in [1.807, 2.05) is 19.9 Å². The minimum Gasteiger partial charge on any atom is -0.507 e. The Hall–Kier alpha value is -3.57. The maximum Gasteiger partial charge on any atom is 0.300 e. The van der Waals surface area contributed by atoms with Crippen LogP contribution in [0.5, 0.6) is 5.75 Å². The topological polar surface area (TPSA) is 66.8 Å². The first kappa shape index (κ1) is 21.7. The number of nitrogens with zero attached hydrogens (tertiary/aromatic N) is 1.